The molecule has 1 aromatic rings. The predicted molar refractivity (Wildman–Crippen MR) is 151 cm³/mol. The summed E-state index contributed by atoms with van der Waals surface area (Å²) in [5, 5.41) is 5.76. The molecule has 1 aliphatic rings. The highest BCUT2D eigenvalue weighted by molar-refractivity contribution is 5.73. The molecule has 2 rings (SSSR count). The molecule has 2 N–H and O–H groups in total. The lowest BCUT2D eigenvalue weighted by molar-refractivity contribution is -0.277. The van der Waals surface area contributed by atoms with Crippen LogP contribution in [0.1, 0.15) is 33.3 Å². The van der Waals surface area contributed by atoms with Gasteiger partial charge in [-0.05, 0) is 5.56 Å². The van der Waals surface area contributed by atoms with Crippen LogP contribution in [0.3, 0.4) is 0 Å². The molecule has 15 nitrogen and oxygen atoms in total. The van der Waals surface area contributed by atoms with Crippen molar-refractivity contribution in [2.45, 2.75) is 64.9 Å². The van der Waals surface area contributed by atoms with Gasteiger partial charge in [0.2, 0.25) is 5.91 Å². The van der Waals surface area contributed by atoms with E-state index in [2.05, 4.69) is 10.6 Å². The van der Waals surface area contributed by atoms with Crippen LogP contribution >= 0.6 is 0 Å². The van der Waals surface area contributed by atoms with Crippen molar-refractivity contribution in [3.63, 3.8) is 0 Å². The summed E-state index contributed by atoms with van der Waals surface area (Å²) >= 11 is 0. The van der Waals surface area contributed by atoms with E-state index in [9.17, 15) is 24.0 Å². The zero-order valence-corrected chi connectivity index (χ0v) is 25.4. The first kappa shape index (κ1) is 36.6. The molecule has 1 aromatic carbocycles. The van der Waals surface area contributed by atoms with Gasteiger partial charge < -0.3 is 48.5 Å². The first-order valence-electron chi connectivity index (χ1n) is 14.1. The SMILES string of the molecule is CC(=O)N[C@H]1[C@H](OCCNCCOCCOCC(=O)OCc2ccccc2)O[C@H](COC(C)=O)[C@H](OC(C)=O)[C@@H]1OC(C)=O. The number of hydrogen-bond donors (Lipinski definition) is 2. The summed E-state index contributed by atoms with van der Waals surface area (Å²) in [6.07, 6.45) is -4.55. The van der Waals surface area contributed by atoms with Gasteiger partial charge >= 0.3 is 23.9 Å². The Hall–Kier alpha value is -3.63. The summed E-state index contributed by atoms with van der Waals surface area (Å²) in [6, 6.07) is 8.30. The number of carbonyl (C=O) groups is 5. The van der Waals surface area contributed by atoms with Crippen molar-refractivity contribution in [1.29, 1.82) is 0 Å². The molecule has 1 fully saturated rings. The van der Waals surface area contributed by atoms with Gasteiger partial charge in [0.15, 0.2) is 18.5 Å². The van der Waals surface area contributed by atoms with Crippen molar-refractivity contribution >= 4 is 29.8 Å². The Bertz CT molecular complexity index is 1050. The average molecular weight is 627 g/mol. The third-order valence-corrected chi connectivity index (χ3v) is 5.89. The fourth-order valence-electron chi connectivity index (χ4n) is 4.10. The van der Waals surface area contributed by atoms with Crippen molar-refractivity contribution < 1.29 is 61.9 Å². The van der Waals surface area contributed by atoms with E-state index in [0.29, 0.717) is 19.7 Å². The van der Waals surface area contributed by atoms with Gasteiger partial charge in [-0.25, -0.2) is 4.79 Å². The molecule has 1 amide bonds. The highest BCUT2D eigenvalue weighted by atomic mass is 16.7. The second-order valence-electron chi connectivity index (χ2n) is 9.65. The highest BCUT2D eigenvalue weighted by Crippen LogP contribution is 2.28. The highest BCUT2D eigenvalue weighted by Gasteiger charge is 2.51. The minimum Gasteiger partial charge on any atom is -0.463 e. The second kappa shape index (κ2) is 20.3. The van der Waals surface area contributed by atoms with Crippen LogP contribution in [0.15, 0.2) is 30.3 Å². The number of ether oxygens (including phenoxy) is 8. The van der Waals surface area contributed by atoms with Gasteiger partial charge in [-0.1, -0.05) is 30.3 Å². The molecule has 0 spiro atoms. The molecule has 1 heterocycles. The Morgan fingerprint density at radius 2 is 1.43 bits per heavy atom. The smallest absolute Gasteiger partial charge is 0.332 e. The lowest BCUT2D eigenvalue weighted by Gasteiger charge is -2.44. The third-order valence-electron chi connectivity index (χ3n) is 5.89. The Labute approximate surface area is 256 Å². The molecule has 1 aliphatic heterocycles. The number of amides is 1. The van der Waals surface area contributed by atoms with Crippen molar-refractivity contribution in [1.82, 2.24) is 10.6 Å². The van der Waals surface area contributed by atoms with E-state index in [4.69, 9.17) is 37.9 Å². The monoisotopic (exact) mass is 626 g/mol. The molecule has 44 heavy (non-hydrogen) atoms. The summed E-state index contributed by atoms with van der Waals surface area (Å²) in [5.41, 5.74) is 0.892. The maximum atomic E-state index is 12.0. The molecular weight excluding hydrogens is 584 g/mol. The first-order valence-corrected chi connectivity index (χ1v) is 14.1. The molecule has 0 aliphatic carbocycles. The van der Waals surface area contributed by atoms with E-state index in [-0.39, 0.29) is 39.6 Å². The van der Waals surface area contributed by atoms with E-state index in [1.165, 1.54) is 20.8 Å². The van der Waals surface area contributed by atoms with Crippen LogP contribution in [0.2, 0.25) is 0 Å². The molecule has 0 saturated carbocycles. The van der Waals surface area contributed by atoms with Crippen LogP contribution in [-0.4, -0.2) is 113 Å². The fourth-order valence-corrected chi connectivity index (χ4v) is 4.10. The number of benzene rings is 1. The van der Waals surface area contributed by atoms with Gasteiger partial charge in [-0.2, -0.15) is 0 Å². The lowest BCUT2D eigenvalue weighted by atomic mass is 9.96. The summed E-state index contributed by atoms with van der Waals surface area (Å²) in [6.45, 7) is 6.31. The van der Waals surface area contributed by atoms with E-state index in [0.717, 1.165) is 12.5 Å². The van der Waals surface area contributed by atoms with E-state index in [1.54, 1.807) is 0 Å². The minimum atomic E-state index is -1.19. The van der Waals surface area contributed by atoms with Gasteiger partial charge in [0.05, 0.1) is 26.4 Å². The number of nitrogens with one attached hydrogen (secondary N) is 2. The summed E-state index contributed by atoms with van der Waals surface area (Å²) in [5.74, 6) is -2.90. The molecular formula is C29H42N2O13. The zero-order valence-electron chi connectivity index (χ0n) is 25.4. The molecule has 15 heteroatoms. The zero-order chi connectivity index (χ0) is 32.3. The van der Waals surface area contributed by atoms with Crippen molar-refractivity contribution in [3.05, 3.63) is 35.9 Å². The standard InChI is InChI=1S/C29H42N2O13/c1-19(32)31-26-28(43-22(4)35)27(42-21(3)34)24(17-40-20(2)33)44-29(26)39-13-11-30-10-12-37-14-15-38-18-25(36)41-16-23-8-6-5-7-9-23/h5-9,24,26-30H,10-18H2,1-4H3,(H,31,32)/t24-,26-,27+,28-,29-/m1/s1. The number of esters is 4. The molecule has 1 saturated heterocycles. The predicted octanol–water partition coefficient (Wildman–Crippen LogP) is 0.0253. The van der Waals surface area contributed by atoms with Gasteiger partial charge in [0.25, 0.3) is 0 Å². The van der Waals surface area contributed by atoms with Crippen LogP contribution in [0.5, 0.6) is 0 Å². The normalized spacial score (nSPS) is 21.1. The largest absolute Gasteiger partial charge is 0.463 e. The molecule has 5 atom stereocenters. The molecule has 0 radical (unpaired) electrons. The minimum absolute atomic E-state index is 0.111. The quantitative estimate of drug-likeness (QED) is 0.119. The van der Waals surface area contributed by atoms with Crippen LogP contribution in [-0.2, 0) is 68.5 Å². The molecule has 246 valence electrons. The first-order chi connectivity index (χ1) is 21.1. The summed E-state index contributed by atoms with van der Waals surface area (Å²) in [7, 11) is 0. The number of hydrogen-bond acceptors (Lipinski definition) is 14. The summed E-state index contributed by atoms with van der Waals surface area (Å²) < 4.78 is 43.5. The molecule has 0 unspecified atom stereocenters. The lowest BCUT2D eigenvalue weighted by Crippen LogP contribution is -2.66. The van der Waals surface area contributed by atoms with Gasteiger partial charge in [0.1, 0.15) is 32.0 Å². The summed E-state index contributed by atoms with van der Waals surface area (Å²) in [4.78, 5) is 58.9. The van der Waals surface area contributed by atoms with E-state index < -0.39 is 60.4 Å². The topological polar surface area (TPSA) is 183 Å². The van der Waals surface area contributed by atoms with Crippen molar-refractivity contribution in [2.75, 3.05) is 52.7 Å². The maximum Gasteiger partial charge on any atom is 0.332 e. The van der Waals surface area contributed by atoms with Crippen LogP contribution in [0, 0.1) is 0 Å². The third kappa shape index (κ3) is 14.7. The van der Waals surface area contributed by atoms with Crippen LogP contribution < -0.4 is 10.6 Å². The Kier molecular flexibility index (Phi) is 16.9. The maximum absolute atomic E-state index is 12.0. The van der Waals surface area contributed by atoms with Crippen molar-refractivity contribution in [2.24, 2.45) is 0 Å². The molecule has 0 aromatic heterocycles. The average Bonchev–Trinajstić information content (AvgIpc) is 2.96. The van der Waals surface area contributed by atoms with Gasteiger partial charge in [-0.3, -0.25) is 19.2 Å². The molecule has 0 bridgehead atoms. The van der Waals surface area contributed by atoms with Crippen LogP contribution in [0.4, 0.5) is 0 Å². The number of rotatable bonds is 19. The van der Waals surface area contributed by atoms with E-state index >= 15 is 0 Å². The fraction of sp³-hybridized carbons (Fsp3) is 0.621. The Balaban J connectivity index is 1.74. The number of carbonyl (C=O) groups excluding carboxylic acids is 5. The Morgan fingerprint density at radius 1 is 0.773 bits per heavy atom. The van der Waals surface area contributed by atoms with Gasteiger partial charge in [-0.15, -0.1) is 0 Å². The Morgan fingerprint density at radius 3 is 2.09 bits per heavy atom. The van der Waals surface area contributed by atoms with Crippen molar-refractivity contribution in [3.8, 4) is 0 Å². The van der Waals surface area contributed by atoms with Gasteiger partial charge in [0, 0.05) is 40.8 Å². The second-order valence-corrected chi connectivity index (χ2v) is 9.65. The van der Waals surface area contributed by atoms with Crippen LogP contribution in [0.25, 0.3) is 0 Å². The van der Waals surface area contributed by atoms with E-state index in [1.807, 2.05) is 30.3 Å².